The molecule has 0 aromatic heterocycles. The molecule has 1 fully saturated rings. The molecule has 0 saturated carbocycles. The minimum Gasteiger partial charge on any atom is -0.335 e. The molecule has 1 aliphatic heterocycles. The first kappa shape index (κ1) is 24.3. The zero-order valence-electron chi connectivity index (χ0n) is 18.6. The summed E-state index contributed by atoms with van der Waals surface area (Å²) in [7, 11) is 1.44. The fraction of sp³-hybridized carbons (Fsp3) is 0.333. The van der Waals surface area contributed by atoms with Gasteiger partial charge in [-0.3, -0.25) is 19.3 Å². The van der Waals surface area contributed by atoms with Crippen molar-refractivity contribution < 1.29 is 19.2 Å². The Balaban J connectivity index is 1.68. The number of amides is 5. The summed E-state index contributed by atoms with van der Waals surface area (Å²) in [5, 5.41) is 5.83. The molecule has 2 aromatic carbocycles. The van der Waals surface area contributed by atoms with E-state index >= 15 is 0 Å². The van der Waals surface area contributed by atoms with E-state index in [4.69, 9.17) is 11.6 Å². The van der Waals surface area contributed by atoms with Crippen molar-refractivity contribution in [1.82, 2.24) is 15.1 Å². The number of hydrogen-bond donors (Lipinski definition) is 2. The average Bonchev–Trinajstić information content (AvgIpc) is 3.04. The zero-order chi connectivity index (χ0) is 24.0. The molecule has 1 atom stereocenters. The molecule has 0 aliphatic carbocycles. The highest BCUT2D eigenvalue weighted by molar-refractivity contribution is 6.33. The average molecular weight is 471 g/mol. The Morgan fingerprint density at radius 2 is 1.76 bits per heavy atom. The van der Waals surface area contributed by atoms with Gasteiger partial charge in [0.25, 0.3) is 5.91 Å². The molecule has 0 bridgehead atoms. The van der Waals surface area contributed by atoms with E-state index in [1.165, 1.54) is 11.9 Å². The number of carbonyl (C=O) groups excluding carboxylic acids is 4. The first-order valence-corrected chi connectivity index (χ1v) is 11.1. The van der Waals surface area contributed by atoms with Crippen molar-refractivity contribution in [3.8, 4) is 0 Å². The standard InChI is InChI=1S/C24H27ClN4O4/c1-3-4-14-24(17-10-6-5-7-11-17)22(32)29(23(33)27-24)16-21(31)28(2)15-20(30)26-19-13-9-8-12-18(19)25/h5-13H,3-4,14-16H2,1-2H3,(H,26,30)(H,27,33). The van der Waals surface area contributed by atoms with E-state index in [-0.39, 0.29) is 6.54 Å². The first-order valence-electron chi connectivity index (χ1n) is 10.8. The van der Waals surface area contributed by atoms with Gasteiger partial charge in [-0.2, -0.15) is 0 Å². The van der Waals surface area contributed by atoms with Crippen molar-refractivity contribution >= 4 is 41.0 Å². The predicted octanol–water partition coefficient (Wildman–Crippen LogP) is 3.37. The molecule has 8 nitrogen and oxygen atoms in total. The molecule has 174 valence electrons. The Morgan fingerprint density at radius 1 is 1.09 bits per heavy atom. The Morgan fingerprint density at radius 3 is 2.42 bits per heavy atom. The highest BCUT2D eigenvalue weighted by Gasteiger charge is 2.52. The highest BCUT2D eigenvalue weighted by Crippen LogP contribution is 2.34. The van der Waals surface area contributed by atoms with Crippen LogP contribution in [-0.4, -0.2) is 53.7 Å². The maximum Gasteiger partial charge on any atom is 0.325 e. The van der Waals surface area contributed by atoms with Gasteiger partial charge in [-0.05, 0) is 24.1 Å². The summed E-state index contributed by atoms with van der Waals surface area (Å²) >= 11 is 6.04. The number of nitrogens with one attached hydrogen (secondary N) is 2. The fourth-order valence-electron chi connectivity index (χ4n) is 3.76. The van der Waals surface area contributed by atoms with Crippen LogP contribution in [0, 0.1) is 0 Å². The predicted molar refractivity (Wildman–Crippen MR) is 126 cm³/mol. The SMILES string of the molecule is CCCCC1(c2ccccc2)NC(=O)N(CC(=O)N(C)CC(=O)Nc2ccccc2Cl)C1=O. The summed E-state index contributed by atoms with van der Waals surface area (Å²) in [5.41, 5.74) is -0.0869. The number of imide groups is 1. The number of carbonyl (C=O) groups is 4. The summed E-state index contributed by atoms with van der Waals surface area (Å²) in [6.45, 7) is 1.29. The van der Waals surface area contributed by atoms with E-state index in [1.54, 1.807) is 36.4 Å². The second-order valence-corrected chi connectivity index (χ2v) is 8.38. The normalized spacial score (nSPS) is 17.6. The van der Waals surface area contributed by atoms with Gasteiger partial charge in [-0.15, -0.1) is 0 Å². The molecular weight excluding hydrogens is 444 g/mol. The number of nitrogens with zero attached hydrogens (tertiary/aromatic N) is 2. The molecule has 3 rings (SSSR count). The molecule has 1 unspecified atom stereocenters. The van der Waals surface area contributed by atoms with Crippen molar-refractivity contribution in [3.05, 3.63) is 65.2 Å². The van der Waals surface area contributed by atoms with Crippen LogP contribution in [0.25, 0.3) is 0 Å². The fourth-order valence-corrected chi connectivity index (χ4v) is 3.94. The summed E-state index contributed by atoms with van der Waals surface area (Å²) in [6.07, 6.45) is 2.00. The van der Waals surface area contributed by atoms with Crippen molar-refractivity contribution in [1.29, 1.82) is 0 Å². The Bertz CT molecular complexity index is 1050. The van der Waals surface area contributed by atoms with Gasteiger partial charge in [-0.25, -0.2) is 4.79 Å². The van der Waals surface area contributed by atoms with Crippen molar-refractivity contribution in [2.45, 2.75) is 31.7 Å². The van der Waals surface area contributed by atoms with Crippen LogP contribution in [0.1, 0.15) is 31.7 Å². The molecule has 1 aliphatic rings. The van der Waals surface area contributed by atoms with Crippen LogP contribution in [0.15, 0.2) is 54.6 Å². The van der Waals surface area contributed by atoms with Gasteiger partial charge in [-0.1, -0.05) is 73.8 Å². The lowest BCUT2D eigenvalue weighted by atomic mass is 9.85. The van der Waals surface area contributed by atoms with Crippen LogP contribution in [-0.2, 0) is 19.9 Å². The maximum absolute atomic E-state index is 13.4. The number of likely N-dealkylation sites (N-methyl/N-ethyl adjacent to an activating group) is 1. The van der Waals surface area contributed by atoms with E-state index in [1.807, 2.05) is 25.1 Å². The molecule has 9 heteroatoms. The maximum atomic E-state index is 13.4. The molecule has 5 amide bonds. The lowest BCUT2D eigenvalue weighted by molar-refractivity contribution is -0.139. The van der Waals surface area contributed by atoms with E-state index in [2.05, 4.69) is 10.6 Å². The third-order valence-electron chi connectivity index (χ3n) is 5.60. The number of anilines is 1. The zero-order valence-corrected chi connectivity index (χ0v) is 19.4. The molecule has 0 spiro atoms. The van der Waals surface area contributed by atoms with Crippen LogP contribution in [0.5, 0.6) is 0 Å². The number of halogens is 1. The lowest BCUT2D eigenvalue weighted by Gasteiger charge is -2.27. The van der Waals surface area contributed by atoms with Crippen LogP contribution in [0.2, 0.25) is 5.02 Å². The Hall–Kier alpha value is -3.39. The topological polar surface area (TPSA) is 98.8 Å². The van der Waals surface area contributed by atoms with Gasteiger partial charge in [0.1, 0.15) is 12.1 Å². The second-order valence-electron chi connectivity index (χ2n) is 7.97. The third kappa shape index (κ3) is 5.34. The smallest absolute Gasteiger partial charge is 0.325 e. The monoisotopic (exact) mass is 470 g/mol. The number of benzene rings is 2. The van der Waals surface area contributed by atoms with E-state index in [9.17, 15) is 19.2 Å². The molecule has 1 saturated heterocycles. The quantitative estimate of drug-likeness (QED) is 0.549. The largest absolute Gasteiger partial charge is 0.335 e. The molecular formula is C24H27ClN4O4. The molecule has 2 N–H and O–H groups in total. The number of unbranched alkanes of at least 4 members (excludes halogenated alkanes) is 1. The Labute approximate surface area is 197 Å². The van der Waals surface area contributed by atoms with E-state index in [0.29, 0.717) is 22.7 Å². The van der Waals surface area contributed by atoms with Gasteiger partial charge in [0.2, 0.25) is 11.8 Å². The van der Waals surface area contributed by atoms with Crippen molar-refractivity contribution in [3.63, 3.8) is 0 Å². The third-order valence-corrected chi connectivity index (χ3v) is 5.93. The summed E-state index contributed by atoms with van der Waals surface area (Å²) in [4.78, 5) is 53.3. The first-order chi connectivity index (χ1) is 15.8. The van der Waals surface area contributed by atoms with E-state index < -0.39 is 35.8 Å². The van der Waals surface area contributed by atoms with Crippen LogP contribution < -0.4 is 10.6 Å². The summed E-state index contributed by atoms with van der Waals surface area (Å²) in [5.74, 6) is -1.45. The highest BCUT2D eigenvalue weighted by atomic mass is 35.5. The number of para-hydroxylation sites is 1. The minimum atomic E-state index is -1.20. The molecule has 33 heavy (non-hydrogen) atoms. The second kappa shape index (κ2) is 10.5. The van der Waals surface area contributed by atoms with E-state index in [0.717, 1.165) is 17.7 Å². The van der Waals surface area contributed by atoms with Crippen LogP contribution in [0.4, 0.5) is 10.5 Å². The van der Waals surface area contributed by atoms with Gasteiger partial charge >= 0.3 is 6.03 Å². The lowest BCUT2D eigenvalue weighted by Crippen LogP contribution is -2.46. The van der Waals surface area contributed by atoms with Gasteiger partial charge in [0.05, 0.1) is 17.3 Å². The Kier molecular flexibility index (Phi) is 7.71. The van der Waals surface area contributed by atoms with Gasteiger partial charge < -0.3 is 15.5 Å². The molecule has 0 radical (unpaired) electrons. The van der Waals surface area contributed by atoms with Crippen molar-refractivity contribution in [2.75, 3.05) is 25.5 Å². The number of rotatable bonds is 9. The van der Waals surface area contributed by atoms with Gasteiger partial charge in [0, 0.05) is 7.05 Å². The number of hydrogen-bond acceptors (Lipinski definition) is 4. The van der Waals surface area contributed by atoms with Crippen LogP contribution >= 0.6 is 11.6 Å². The summed E-state index contributed by atoms with van der Waals surface area (Å²) in [6, 6.07) is 15.2. The number of urea groups is 1. The van der Waals surface area contributed by atoms with Crippen molar-refractivity contribution in [2.24, 2.45) is 0 Å². The molecule has 2 aromatic rings. The van der Waals surface area contributed by atoms with Crippen LogP contribution in [0.3, 0.4) is 0 Å². The summed E-state index contributed by atoms with van der Waals surface area (Å²) < 4.78 is 0. The minimum absolute atomic E-state index is 0.257. The molecule has 1 heterocycles. The van der Waals surface area contributed by atoms with Gasteiger partial charge in [0.15, 0.2) is 0 Å².